The number of aryl methyl sites for hydroxylation is 1. The quantitative estimate of drug-likeness (QED) is 0.571. The van der Waals surface area contributed by atoms with E-state index in [4.69, 9.17) is 9.47 Å². The van der Waals surface area contributed by atoms with Gasteiger partial charge >= 0.3 is 0 Å². The molecule has 0 atom stereocenters. The van der Waals surface area contributed by atoms with Crippen LogP contribution in [0.5, 0.6) is 11.5 Å². The molecule has 2 heterocycles. The van der Waals surface area contributed by atoms with E-state index >= 15 is 0 Å². The molecule has 31 heavy (non-hydrogen) atoms. The number of rotatable bonds is 8. The third-order valence-corrected chi connectivity index (χ3v) is 6.11. The number of methoxy groups -OCH3 is 2. The summed E-state index contributed by atoms with van der Waals surface area (Å²) in [7, 11) is 3.28. The fourth-order valence-electron chi connectivity index (χ4n) is 4.43. The first-order chi connectivity index (χ1) is 15.1. The predicted molar refractivity (Wildman–Crippen MR) is 124 cm³/mol. The number of hydrogen-bond donors (Lipinski definition) is 2. The van der Waals surface area contributed by atoms with Gasteiger partial charge in [0.1, 0.15) is 0 Å². The summed E-state index contributed by atoms with van der Waals surface area (Å²) in [5, 5.41) is 4.16. The van der Waals surface area contributed by atoms with Crippen molar-refractivity contribution in [1.29, 1.82) is 0 Å². The Morgan fingerprint density at radius 1 is 1.06 bits per heavy atom. The first kappa shape index (κ1) is 21.2. The Balaban J connectivity index is 1.59. The molecular formula is C25H31N3O3. The van der Waals surface area contributed by atoms with E-state index in [0.29, 0.717) is 23.6 Å². The van der Waals surface area contributed by atoms with Crippen molar-refractivity contribution in [3.05, 3.63) is 47.5 Å². The Morgan fingerprint density at radius 2 is 1.84 bits per heavy atom. The van der Waals surface area contributed by atoms with Crippen molar-refractivity contribution >= 4 is 16.8 Å². The highest BCUT2D eigenvalue weighted by Crippen LogP contribution is 2.36. The second-order valence-corrected chi connectivity index (χ2v) is 7.97. The van der Waals surface area contributed by atoms with Gasteiger partial charge in [-0.15, -0.1) is 0 Å². The molecule has 4 rings (SSSR count). The molecule has 1 amide bonds. The fourth-order valence-corrected chi connectivity index (χ4v) is 4.43. The molecule has 0 bridgehead atoms. The lowest BCUT2D eigenvalue weighted by Crippen LogP contribution is -2.33. The maximum absolute atomic E-state index is 12.7. The number of likely N-dealkylation sites (tertiary alicyclic amines) is 1. The molecule has 0 saturated carbocycles. The fraction of sp³-hybridized carbons (Fsp3) is 0.400. The maximum atomic E-state index is 12.7. The van der Waals surface area contributed by atoms with Gasteiger partial charge in [-0.05, 0) is 74.3 Å². The largest absolute Gasteiger partial charge is 0.493 e. The van der Waals surface area contributed by atoms with Crippen LogP contribution in [0, 0.1) is 0 Å². The van der Waals surface area contributed by atoms with Gasteiger partial charge in [-0.2, -0.15) is 0 Å². The smallest absolute Gasteiger partial charge is 0.251 e. The van der Waals surface area contributed by atoms with Crippen molar-refractivity contribution in [2.24, 2.45) is 0 Å². The molecular weight excluding hydrogens is 390 g/mol. The summed E-state index contributed by atoms with van der Waals surface area (Å²) < 4.78 is 10.8. The molecule has 1 saturated heterocycles. The van der Waals surface area contributed by atoms with E-state index in [-0.39, 0.29) is 5.91 Å². The highest BCUT2D eigenvalue weighted by atomic mass is 16.5. The van der Waals surface area contributed by atoms with Gasteiger partial charge in [0, 0.05) is 40.8 Å². The van der Waals surface area contributed by atoms with Crippen LogP contribution in [0.15, 0.2) is 36.4 Å². The Kier molecular flexibility index (Phi) is 6.47. The predicted octanol–water partition coefficient (Wildman–Crippen LogP) is 4.24. The molecule has 0 aliphatic carbocycles. The number of aromatic nitrogens is 1. The summed E-state index contributed by atoms with van der Waals surface area (Å²) in [6.45, 7) is 6.02. The summed E-state index contributed by atoms with van der Waals surface area (Å²) >= 11 is 0. The van der Waals surface area contributed by atoms with Crippen molar-refractivity contribution in [1.82, 2.24) is 15.2 Å². The molecule has 0 unspecified atom stereocenters. The zero-order chi connectivity index (χ0) is 21.8. The second-order valence-electron chi connectivity index (χ2n) is 7.97. The first-order valence-electron chi connectivity index (χ1n) is 11.0. The normalized spacial score (nSPS) is 14.2. The highest BCUT2D eigenvalue weighted by molar-refractivity contribution is 6.00. The zero-order valence-corrected chi connectivity index (χ0v) is 18.6. The standard InChI is InChI=1S/C25H31N3O3/c1-4-19-20-15-18(25(29)26-11-14-28-12-5-6-13-28)7-9-21(20)27-24(19)17-8-10-22(30-2)23(16-17)31-3/h7-10,15-16,27H,4-6,11-14H2,1-3H3,(H,26,29). The number of ether oxygens (including phenoxy) is 2. The van der Waals surface area contributed by atoms with Crippen LogP contribution in [0.25, 0.3) is 22.2 Å². The molecule has 1 aliphatic rings. The Bertz CT molecular complexity index is 1070. The van der Waals surface area contributed by atoms with Gasteiger partial charge in [-0.25, -0.2) is 0 Å². The van der Waals surface area contributed by atoms with Gasteiger partial charge in [0.2, 0.25) is 0 Å². The molecule has 6 nitrogen and oxygen atoms in total. The number of aromatic amines is 1. The average molecular weight is 422 g/mol. The second kappa shape index (κ2) is 9.43. The van der Waals surface area contributed by atoms with E-state index in [1.807, 2.05) is 36.4 Å². The SMILES string of the molecule is CCc1c(-c2ccc(OC)c(OC)c2)[nH]c2ccc(C(=O)NCCN3CCCC3)cc12. The van der Waals surface area contributed by atoms with Gasteiger partial charge in [0.05, 0.1) is 14.2 Å². The van der Waals surface area contributed by atoms with Gasteiger partial charge in [0.25, 0.3) is 5.91 Å². The Labute approximate surface area is 183 Å². The number of carbonyl (C=O) groups excluding carboxylic acids is 1. The molecule has 6 heteroatoms. The molecule has 3 aromatic rings. The van der Waals surface area contributed by atoms with Crippen molar-refractivity contribution in [2.75, 3.05) is 40.4 Å². The summed E-state index contributed by atoms with van der Waals surface area (Å²) in [6.07, 6.45) is 3.38. The van der Waals surface area contributed by atoms with Crippen LogP contribution in [-0.2, 0) is 6.42 Å². The van der Waals surface area contributed by atoms with E-state index in [9.17, 15) is 4.79 Å². The van der Waals surface area contributed by atoms with E-state index in [1.54, 1.807) is 14.2 Å². The number of nitrogens with one attached hydrogen (secondary N) is 2. The van der Waals surface area contributed by atoms with E-state index in [2.05, 4.69) is 22.1 Å². The minimum atomic E-state index is -0.0167. The molecule has 2 aromatic carbocycles. The van der Waals surface area contributed by atoms with Gasteiger partial charge in [0.15, 0.2) is 11.5 Å². The van der Waals surface area contributed by atoms with Crippen molar-refractivity contribution in [2.45, 2.75) is 26.2 Å². The number of hydrogen-bond acceptors (Lipinski definition) is 4. The van der Waals surface area contributed by atoms with Gasteiger partial charge in [-0.1, -0.05) is 6.92 Å². The topological polar surface area (TPSA) is 66.6 Å². The molecule has 164 valence electrons. The molecule has 1 aliphatic heterocycles. The molecule has 1 fully saturated rings. The maximum Gasteiger partial charge on any atom is 0.251 e. The molecule has 1 aromatic heterocycles. The van der Waals surface area contributed by atoms with Gasteiger partial charge in [-0.3, -0.25) is 4.79 Å². The van der Waals surface area contributed by atoms with Crippen LogP contribution in [0.3, 0.4) is 0 Å². The lowest BCUT2D eigenvalue weighted by atomic mass is 10.0. The summed E-state index contributed by atoms with van der Waals surface area (Å²) in [6, 6.07) is 11.8. The van der Waals surface area contributed by atoms with Crippen molar-refractivity contribution in [3.8, 4) is 22.8 Å². The molecule has 0 spiro atoms. The number of benzene rings is 2. The van der Waals surface area contributed by atoms with E-state index in [0.717, 1.165) is 48.2 Å². The molecule has 2 N–H and O–H groups in total. The minimum absolute atomic E-state index is 0.0167. The van der Waals surface area contributed by atoms with Crippen molar-refractivity contribution < 1.29 is 14.3 Å². The number of H-pyrrole nitrogens is 1. The first-order valence-corrected chi connectivity index (χ1v) is 11.0. The number of fused-ring (bicyclic) bond motifs is 1. The number of carbonyl (C=O) groups is 1. The zero-order valence-electron chi connectivity index (χ0n) is 18.6. The van der Waals surface area contributed by atoms with Crippen LogP contribution < -0.4 is 14.8 Å². The number of nitrogens with zero attached hydrogens (tertiary/aromatic N) is 1. The van der Waals surface area contributed by atoms with Crippen LogP contribution in [-0.4, -0.2) is 56.2 Å². The Hall–Kier alpha value is -2.99. The van der Waals surface area contributed by atoms with Crippen molar-refractivity contribution in [3.63, 3.8) is 0 Å². The van der Waals surface area contributed by atoms with Gasteiger partial charge < -0.3 is 24.7 Å². The lowest BCUT2D eigenvalue weighted by molar-refractivity contribution is 0.0950. The summed E-state index contributed by atoms with van der Waals surface area (Å²) in [5.41, 5.74) is 4.98. The van der Waals surface area contributed by atoms with Crippen LogP contribution in [0.4, 0.5) is 0 Å². The average Bonchev–Trinajstić information content (AvgIpc) is 3.45. The minimum Gasteiger partial charge on any atom is -0.493 e. The third kappa shape index (κ3) is 4.39. The summed E-state index contributed by atoms with van der Waals surface area (Å²) in [4.78, 5) is 18.7. The third-order valence-electron chi connectivity index (χ3n) is 6.11. The summed E-state index contributed by atoms with van der Waals surface area (Å²) in [5.74, 6) is 1.38. The molecule has 0 radical (unpaired) electrons. The lowest BCUT2D eigenvalue weighted by Gasteiger charge is -2.14. The van der Waals surface area contributed by atoms with E-state index < -0.39 is 0 Å². The highest BCUT2D eigenvalue weighted by Gasteiger charge is 2.16. The van der Waals surface area contributed by atoms with Crippen LogP contribution in [0.1, 0.15) is 35.7 Å². The Morgan fingerprint density at radius 3 is 2.55 bits per heavy atom. The van der Waals surface area contributed by atoms with E-state index in [1.165, 1.54) is 18.4 Å². The number of amides is 1. The van der Waals surface area contributed by atoms with Crippen LogP contribution >= 0.6 is 0 Å². The van der Waals surface area contributed by atoms with Crippen LogP contribution in [0.2, 0.25) is 0 Å². The monoisotopic (exact) mass is 421 g/mol.